The Hall–Kier alpha value is -1.96. The Bertz CT molecular complexity index is 591. The molecule has 1 amide bonds. The third-order valence-electron chi connectivity index (χ3n) is 3.68. The van der Waals surface area contributed by atoms with Gasteiger partial charge in [0.2, 0.25) is 0 Å². The van der Waals surface area contributed by atoms with Gasteiger partial charge in [0.15, 0.2) is 18.1 Å². The molecule has 0 aliphatic carbocycles. The summed E-state index contributed by atoms with van der Waals surface area (Å²) >= 11 is 0. The molecule has 1 aliphatic heterocycles. The lowest BCUT2D eigenvalue weighted by Gasteiger charge is -2.17. The lowest BCUT2D eigenvalue weighted by Crippen LogP contribution is -2.31. The molecule has 3 atom stereocenters. The highest BCUT2D eigenvalue weighted by Crippen LogP contribution is 2.32. The molecule has 1 saturated heterocycles. The average molecular weight is 347 g/mol. The Morgan fingerprint density at radius 1 is 1.33 bits per heavy atom. The smallest absolute Gasteiger partial charge is 0.422 e. The summed E-state index contributed by atoms with van der Waals surface area (Å²) < 4.78 is 52.2. The molecule has 0 radical (unpaired) electrons. The fourth-order valence-corrected chi connectivity index (χ4v) is 2.65. The van der Waals surface area contributed by atoms with Gasteiger partial charge in [0.05, 0.1) is 13.2 Å². The van der Waals surface area contributed by atoms with Gasteiger partial charge < -0.3 is 19.5 Å². The molecular weight excluding hydrogens is 327 g/mol. The zero-order chi connectivity index (χ0) is 17.9. The molecule has 1 aromatic carbocycles. The molecule has 24 heavy (non-hydrogen) atoms. The molecule has 1 aliphatic rings. The van der Waals surface area contributed by atoms with Crippen molar-refractivity contribution in [2.75, 3.05) is 19.0 Å². The minimum absolute atomic E-state index is 0.00250. The third kappa shape index (κ3) is 4.77. The van der Waals surface area contributed by atoms with Gasteiger partial charge in [-0.2, -0.15) is 13.2 Å². The van der Waals surface area contributed by atoms with Crippen molar-refractivity contribution < 1.29 is 32.2 Å². The summed E-state index contributed by atoms with van der Waals surface area (Å²) in [6.07, 6.45) is -4.27. The van der Waals surface area contributed by atoms with Crippen LogP contribution in [0, 0.1) is 5.92 Å². The number of hydrogen-bond acceptors (Lipinski definition) is 4. The first-order chi connectivity index (χ1) is 11.2. The van der Waals surface area contributed by atoms with Crippen molar-refractivity contribution in [3.05, 3.63) is 18.2 Å². The van der Waals surface area contributed by atoms with E-state index in [2.05, 4.69) is 5.32 Å². The molecule has 8 heteroatoms. The minimum Gasteiger partial charge on any atom is -0.493 e. The molecule has 134 valence electrons. The largest absolute Gasteiger partial charge is 0.493 e. The van der Waals surface area contributed by atoms with E-state index in [0.29, 0.717) is 5.69 Å². The van der Waals surface area contributed by atoms with Gasteiger partial charge >= 0.3 is 6.18 Å². The maximum Gasteiger partial charge on any atom is 0.422 e. The highest BCUT2D eigenvalue weighted by molar-refractivity contribution is 5.94. The molecule has 0 saturated carbocycles. The van der Waals surface area contributed by atoms with Crippen molar-refractivity contribution in [3.8, 4) is 11.5 Å². The maximum atomic E-state index is 12.3. The summed E-state index contributed by atoms with van der Waals surface area (Å²) in [6, 6.07) is 4.26. The van der Waals surface area contributed by atoms with E-state index in [9.17, 15) is 18.0 Å². The maximum absolute atomic E-state index is 12.3. The Balaban J connectivity index is 2.09. The van der Waals surface area contributed by atoms with Crippen LogP contribution in [0.4, 0.5) is 18.9 Å². The normalized spacial score (nSPS) is 23.8. The predicted molar refractivity (Wildman–Crippen MR) is 81.3 cm³/mol. The van der Waals surface area contributed by atoms with E-state index in [1.165, 1.54) is 25.3 Å². The monoisotopic (exact) mass is 347 g/mol. The minimum atomic E-state index is -4.46. The molecule has 0 bridgehead atoms. The van der Waals surface area contributed by atoms with E-state index in [-0.39, 0.29) is 29.4 Å². The topological polar surface area (TPSA) is 56.8 Å². The summed E-state index contributed by atoms with van der Waals surface area (Å²) in [5.41, 5.74) is 0.313. The predicted octanol–water partition coefficient (Wildman–Crippen LogP) is 3.39. The van der Waals surface area contributed by atoms with Crippen molar-refractivity contribution in [1.29, 1.82) is 0 Å². The van der Waals surface area contributed by atoms with Crippen LogP contribution in [0.5, 0.6) is 11.5 Å². The van der Waals surface area contributed by atoms with E-state index in [1.807, 2.05) is 13.8 Å². The molecule has 1 N–H and O–H groups in total. The highest BCUT2D eigenvalue weighted by atomic mass is 19.4. The number of amides is 1. The molecule has 0 aromatic heterocycles. The van der Waals surface area contributed by atoms with Crippen LogP contribution in [0.25, 0.3) is 0 Å². The number of ether oxygens (including phenoxy) is 3. The fraction of sp³-hybridized carbons (Fsp3) is 0.562. The number of benzene rings is 1. The number of carbonyl (C=O) groups excluding carboxylic acids is 1. The Labute approximate surface area is 138 Å². The summed E-state index contributed by atoms with van der Waals surface area (Å²) in [7, 11) is 1.32. The van der Waals surface area contributed by atoms with E-state index in [4.69, 9.17) is 14.2 Å². The number of alkyl halides is 3. The highest BCUT2D eigenvalue weighted by Gasteiger charge is 2.35. The van der Waals surface area contributed by atoms with Gasteiger partial charge in [-0.05, 0) is 31.4 Å². The van der Waals surface area contributed by atoms with Gasteiger partial charge in [-0.15, -0.1) is 0 Å². The molecule has 1 heterocycles. The lowest BCUT2D eigenvalue weighted by molar-refractivity contribution is -0.153. The van der Waals surface area contributed by atoms with Crippen molar-refractivity contribution >= 4 is 11.6 Å². The van der Waals surface area contributed by atoms with Gasteiger partial charge in [-0.25, -0.2) is 0 Å². The van der Waals surface area contributed by atoms with Crippen LogP contribution in [0.1, 0.15) is 20.3 Å². The van der Waals surface area contributed by atoms with Crippen molar-refractivity contribution in [2.24, 2.45) is 5.92 Å². The summed E-state index contributed by atoms with van der Waals surface area (Å²) in [5.74, 6) is -0.212. The van der Waals surface area contributed by atoms with Gasteiger partial charge in [-0.1, -0.05) is 6.92 Å². The molecule has 1 aromatic rings. The van der Waals surface area contributed by atoms with Crippen LogP contribution in [0.2, 0.25) is 0 Å². The number of anilines is 1. The molecule has 0 unspecified atom stereocenters. The zero-order valence-electron chi connectivity index (χ0n) is 13.6. The Kier molecular flexibility index (Phi) is 5.58. The molecular formula is C16H20F3NO4. The molecule has 5 nitrogen and oxygen atoms in total. The van der Waals surface area contributed by atoms with Crippen LogP contribution >= 0.6 is 0 Å². The van der Waals surface area contributed by atoms with Crippen LogP contribution < -0.4 is 14.8 Å². The Morgan fingerprint density at radius 3 is 2.58 bits per heavy atom. The van der Waals surface area contributed by atoms with Crippen molar-refractivity contribution in [1.82, 2.24) is 0 Å². The second-order valence-electron chi connectivity index (χ2n) is 5.84. The van der Waals surface area contributed by atoms with Crippen LogP contribution in [-0.2, 0) is 9.53 Å². The zero-order valence-corrected chi connectivity index (χ0v) is 13.6. The second kappa shape index (κ2) is 7.29. The SMILES string of the molecule is COc1ccc(NC(=O)[C@@H]2O[C@@H](C)C[C@H]2C)cc1OCC(F)(F)F. The summed E-state index contributed by atoms with van der Waals surface area (Å²) in [4.78, 5) is 12.3. The van der Waals surface area contributed by atoms with Crippen LogP contribution in [0.15, 0.2) is 18.2 Å². The van der Waals surface area contributed by atoms with Gasteiger partial charge in [-0.3, -0.25) is 4.79 Å². The fourth-order valence-electron chi connectivity index (χ4n) is 2.65. The van der Waals surface area contributed by atoms with E-state index in [0.717, 1.165) is 6.42 Å². The molecule has 2 rings (SSSR count). The van der Waals surface area contributed by atoms with Crippen molar-refractivity contribution in [2.45, 2.75) is 38.7 Å². The first-order valence-electron chi connectivity index (χ1n) is 7.53. The van der Waals surface area contributed by atoms with Gasteiger partial charge in [0, 0.05) is 11.8 Å². The number of methoxy groups -OCH3 is 1. The first-order valence-corrected chi connectivity index (χ1v) is 7.53. The second-order valence-corrected chi connectivity index (χ2v) is 5.84. The quantitative estimate of drug-likeness (QED) is 0.887. The van der Waals surface area contributed by atoms with E-state index < -0.39 is 18.9 Å². The Morgan fingerprint density at radius 2 is 2.04 bits per heavy atom. The van der Waals surface area contributed by atoms with E-state index >= 15 is 0 Å². The number of hydrogen-bond donors (Lipinski definition) is 1. The number of halogens is 3. The van der Waals surface area contributed by atoms with Crippen LogP contribution in [-0.4, -0.2) is 38.0 Å². The van der Waals surface area contributed by atoms with Crippen LogP contribution in [0.3, 0.4) is 0 Å². The standard InChI is InChI=1S/C16H20F3NO4/c1-9-6-10(2)24-14(9)15(21)20-11-4-5-12(22-3)13(7-11)23-8-16(17,18)19/h4-5,7,9-10,14H,6,8H2,1-3H3,(H,20,21)/t9-,10+,14-/m1/s1. The summed E-state index contributed by atoms with van der Waals surface area (Å²) in [6.45, 7) is 2.36. The number of nitrogens with one attached hydrogen (secondary N) is 1. The third-order valence-corrected chi connectivity index (χ3v) is 3.68. The first kappa shape index (κ1) is 18.4. The average Bonchev–Trinajstić information content (AvgIpc) is 2.83. The lowest BCUT2D eigenvalue weighted by atomic mass is 10.0. The molecule has 1 fully saturated rings. The van der Waals surface area contributed by atoms with E-state index in [1.54, 1.807) is 0 Å². The number of rotatable bonds is 5. The van der Waals surface area contributed by atoms with Gasteiger partial charge in [0.1, 0.15) is 6.10 Å². The summed E-state index contributed by atoms with van der Waals surface area (Å²) in [5, 5.41) is 2.64. The number of carbonyl (C=O) groups is 1. The van der Waals surface area contributed by atoms with Gasteiger partial charge in [0.25, 0.3) is 5.91 Å². The molecule has 0 spiro atoms. The van der Waals surface area contributed by atoms with Crippen molar-refractivity contribution in [3.63, 3.8) is 0 Å².